The molecule has 0 saturated carbocycles. The highest BCUT2D eigenvalue weighted by molar-refractivity contribution is 5.81. The number of fused-ring (bicyclic) bond motifs is 1. The second kappa shape index (κ2) is 6.41. The van der Waals surface area contributed by atoms with Gasteiger partial charge < -0.3 is 19.7 Å². The Morgan fingerprint density at radius 1 is 1.57 bits per heavy atom. The van der Waals surface area contributed by atoms with Crippen LogP contribution in [-0.4, -0.2) is 55.9 Å². The van der Waals surface area contributed by atoms with E-state index >= 15 is 0 Å². The molecule has 3 atom stereocenters. The number of hydrogen-bond acceptors (Lipinski definition) is 5. The van der Waals surface area contributed by atoms with E-state index in [-0.39, 0.29) is 24.2 Å². The summed E-state index contributed by atoms with van der Waals surface area (Å²) in [5.41, 5.74) is 0. The van der Waals surface area contributed by atoms with E-state index in [0.29, 0.717) is 13.2 Å². The molecule has 114 valence electrons. The van der Waals surface area contributed by atoms with Crippen molar-refractivity contribution in [3.8, 4) is 0 Å². The van der Waals surface area contributed by atoms with Crippen LogP contribution in [0.4, 0.5) is 5.82 Å². The van der Waals surface area contributed by atoms with Gasteiger partial charge >= 0.3 is 0 Å². The largest absolute Gasteiger partial charge is 0.383 e. The molecule has 2 aliphatic heterocycles. The van der Waals surface area contributed by atoms with E-state index in [0.717, 1.165) is 25.2 Å². The highest BCUT2D eigenvalue weighted by Crippen LogP contribution is 2.35. The molecule has 0 radical (unpaired) electrons. The SMILES string of the molecule is COCCNC(=O)[C@@H]1C[C@H]2[C@H](CCN2c2ccccn2)O1. The molecule has 0 aromatic carbocycles. The number of ether oxygens (including phenoxy) is 2. The molecule has 0 unspecified atom stereocenters. The van der Waals surface area contributed by atoms with Crippen molar-refractivity contribution >= 4 is 11.7 Å². The predicted octanol–water partition coefficient (Wildman–Crippen LogP) is 0.580. The van der Waals surface area contributed by atoms with Gasteiger partial charge in [-0.3, -0.25) is 4.79 Å². The van der Waals surface area contributed by atoms with E-state index in [2.05, 4.69) is 15.2 Å². The monoisotopic (exact) mass is 291 g/mol. The van der Waals surface area contributed by atoms with Gasteiger partial charge in [-0.05, 0) is 18.6 Å². The first-order valence-corrected chi connectivity index (χ1v) is 7.39. The topological polar surface area (TPSA) is 63.7 Å². The second-order valence-electron chi connectivity index (χ2n) is 5.42. The van der Waals surface area contributed by atoms with E-state index < -0.39 is 0 Å². The summed E-state index contributed by atoms with van der Waals surface area (Å²) in [5.74, 6) is 0.927. The molecular weight excluding hydrogens is 270 g/mol. The number of pyridine rings is 1. The highest BCUT2D eigenvalue weighted by Gasteiger charge is 2.45. The van der Waals surface area contributed by atoms with Crippen LogP contribution in [0.1, 0.15) is 12.8 Å². The number of aromatic nitrogens is 1. The fourth-order valence-corrected chi connectivity index (χ4v) is 3.12. The van der Waals surface area contributed by atoms with Gasteiger partial charge in [-0.1, -0.05) is 6.07 Å². The van der Waals surface area contributed by atoms with Crippen molar-refractivity contribution in [3.05, 3.63) is 24.4 Å². The van der Waals surface area contributed by atoms with Crippen molar-refractivity contribution in [3.63, 3.8) is 0 Å². The first kappa shape index (κ1) is 14.3. The number of hydrogen-bond donors (Lipinski definition) is 1. The third-order valence-corrected chi connectivity index (χ3v) is 4.12. The zero-order chi connectivity index (χ0) is 14.7. The van der Waals surface area contributed by atoms with Crippen LogP contribution < -0.4 is 10.2 Å². The summed E-state index contributed by atoms with van der Waals surface area (Å²) >= 11 is 0. The number of nitrogens with one attached hydrogen (secondary N) is 1. The summed E-state index contributed by atoms with van der Waals surface area (Å²) in [6, 6.07) is 6.15. The lowest BCUT2D eigenvalue weighted by Crippen LogP contribution is -2.38. The van der Waals surface area contributed by atoms with E-state index in [1.165, 1.54) is 0 Å². The minimum absolute atomic E-state index is 0.0394. The van der Waals surface area contributed by atoms with Crippen molar-refractivity contribution in [2.75, 3.05) is 31.7 Å². The Kier molecular flexibility index (Phi) is 4.36. The lowest BCUT2D eigenvalue weighted by molar-refractivity contribution is -0.132. The summed E-state index contributed by atoms with van der Waals surface area (Å²) in [6.45, 7) is 1.98. The molecule has 2 fully saturated rings. The minimum Gasteiger partial charge on any atom is -0.383 e. The smallest absolute Gasteiger partial charge is 0.249 e. The number of amides is 1. The maximum atomic E-state index is 12.1. The van der Waals surface area contributed by atoms with Crippen molar-refractivity contribution < 1.29 is 14.3 Å². The maximum absolute atomic E-state index is 12.1. The molecule has 6 nitrogen and oxygen atoms in total. The number of carbonyl (C=O) groups excluding carboxylic acids is 1. The molecule has 1 N–H and O–H groups in total. The Hall–Kier alpha value is -1.66. The molecule has 1 aromatic rings. The van der Waals surface area contributed by atoms with Gasteiger partial charge in [0.25, 0.3) is 0 Å². The van der Waals surface area contributed by atoms with Gasteiger partial charge in [0, 0.05) is 32.8 Å². The van der Waals surface area contributed by atoms with Crippen LogP contribution in [0.5, 0.6) is 0 Å². The lowest BCUT2D eigenvalue weighted by atomic mass is 10.1. The molecule has 3 rings (SSSR count). The third-order valence-electron chi connectivity index (χ3n) is 4.12. The summed E-state index contributed by atoms with van der Waals surface area (Å²) in [5, 5.41) is 2.85. The minimum atomic E-state index is -0.358. The summed E-state index contributed by atoms with van der Waals surface area (Å²) in [4.78, 5) is 18.7. The first-order valence-electron chi connectivity index (χ1n) is 7.39. The maximum Gasteiger partial charge on any atom is 0.249 e. The molecular formula is C15H21N3O3. The van der Waals surface area contributed by atoms with Crippen LogP contribution in [0.25, 0.3) is 0 Å². The van der Waals surface area contributed by atoms with E-state index in [1.54, 1.807) is 13.3 Å². The Bertz CT molecular complexity index is 482. The lowest BCUT2D eigenvalue weighted by Gasteiger charge is -2.23. The number of anilines is 1. The van der Waals surface area contributed by atoms with Crippen molar-refractivity contribution in [2.45, 2.75) is 31.1 Å². The Labute approximate surface area is 124 Å². The molecule has 1 amide bonds. The highest BCUT2D eigenvalue weighted by atomic mass is 16.5. The van der Waals surface area contributed by atoms with Gasteiger partial charge in [-0.15, -0.1) is 0 Å². The Balaban J connectivity index is 1.60. The standard InChI is InChI=1S/C15H21N3O3/c1-20-9-7-17-15(19)13-10-11-12(21-13)5-8-18(11)14-4-2-3-6-16-14/h2-4,6,11-13H,5,7-10H2,1H3,(H,17,19)/t11-,12-,13-/m0/s1. The molecule has 3 heterocycles. The number of methoxy groups -OCH3 is 1. The Morgan fingerprint density at radius 3 is 3.24 bits per heavy atom. The molecule has 2 aliphatic rings. The van der Waals surface area contributed by atoms with Gasteiger partial charge in [0.15, 0.2) is 0 Å². The fourth-order valence-electron chi connectivity index (χ4n) is 3.12. The van der Waals surface area contributed by atoms with Crippen LogP contribution in [-0.2, 0) is 14.3 Å². The van der Waals surface area contributed by atoms with Gasteiger partial charge in [0.2, 0.25) is 5.91 Å². The van der Waals surface area contributed by atoms with Gasteiger partial charge in [-0.25, -0.2) is 4.98 Å². The molecule has 1 aromatic heterocycles. The third kappa shape index (κ3) is 3.01. The average molecular weight is 291 g/mol. The molecule has 0 aliphatic carbocycles. The zero-order valence-electron chi connectivity index (χ0n) is 12.2. The van der Waals surface area contributed by atoms with Crippen molar-refractivity contribution in [2.24, 2.45) is 0 Å². The molecule has 6 heteroatoms. The fraction of sp³-hybridized carbons (Fsp3) is 0.600. The van der Waals surface area contributed by atoms with E-state index in [9.17, 15) is 4.79 Å². The van der Waals surface area contributed by atoms with E-state index in [4.69, 9.17) is 9.47 Å². The van der Waals surface area contributed by atoms with Gasteiger partial charge in [-0.2, -0.15) is 0 Å². The molecule has 2 saturated heterocycles. The Morgan fingerprint density at radius 2 is 2.48 bits per heavy atom. The van der Waals surface area contributed by atoms with Crippen molar-refractivity contribution in [1.29, 1.82) is 0 Å². The summed E-state index contributed by atoms with van der Waals surface area (Å²) in [6.07, 6.45) is 3.24. The number of nitrogens with zero attached hydrogens (tertiary/aromatic N) is 2. The van der Waals surface area contributed by atoms with Crippen molar-refractivity contribution in [1.82, 2.24) is 10.3 Å². The average Bonchev–Trinajstić information content (AvgIpc) is 3.08. The molecule has 0 spiro atoms. The van der Waals surface area contributed by atoms with E-state index in [1.807, 2.05) is 18.2 Å². The zero-order valence-corrected chi connectivity index (χ0v) is 12.2. The number of carbonyl (C=O) groups is 1. The van der Waals surface area contributed by atoms with Gasteiger partial charge in [0.1, 0.15) is 11.9 Å². The normalized spacial score (nSPS) is 27.7. The quantitative estimate of drug-likeness (QED) is 0.804. The van der Waals surface area contributed by atoms with Gasteiger partial charge in [0.05, 0.1) is 18.8 Å². The van der Waals surface area contributed by atoms with Crippen LogP contribution in [0.15, 0.2) is 24.4 Å². The molecule has 0 bridgehead atoms. The second-order valence-corrected chi connectivity index (χ2v) is 5.42. The summed E-state index contributed by atoms with van der Waals surface area (Å²) in [7, 11) is 1.62. The number of rotatable bonds is 5. The molecule has 21 heavy (non-hydrogen) atoms. The predicted molar refractivity (Wildman–Crippen MR) is 78.2 cm³/mol. The summed E-state index contributed by atoms with van der Waals surface area (Å²) < 4.78 is 10.8. The van der Waals surface area contributed by atoms with Crippen LogP contribution >= 0.6 is 0 Å². The van der Waals surface area contributed by atoms with Crippen LogP contribution in [0, 0.1) is 0 Å². The first-order chi connectivity index (χ1) is 10.3. The van der Waals surface area contributed by atoms with Crippen LogP contribution in [0.2, 0.25) is 0 Å². The van der Waals surface area contributed by atoms with Crippen LogP contribution in [0.3, 0.4) is 0 Å².